The topological polar surface area (TPSA) is 26.0 Å². The van der Waals surface area contributed by atoms with Gasteiger partial charge in [-0.2, -0.15) is 0 Å². The van der Waals surface area contributed by atoms with Gasteiger partial charge in [-0.15, -0.1) is 12.4 Å². The number of hydrogen-bond acceptors (Lipinski definition) is 1. The van der Waals surface area contributed by atoms with Crippen molar-refractivity contribution in [2.75, 3.05) is 6.54 Å². The lowest BCUT2D eigenvalue weighted by Crippen LogP contribution is -2.19. The Balaban J connectivity index is 0.000000500. The Morgan fingerprint density at radius 2 is 2.00 bits per heavy atom. The Morgan fingerprint density at radius 1 is 1.20 bits per heavy atom. The van der Waals surface area contributed by atoms with Crippen molar-refractivity contribution >= 4 is 12.4 Å². The van der Waals surface area contributed by atoms with Crippen LogP contribution in [0, 0.1) is 17.8 Å². The predicted octanol–water partition coefficient (Wildman–Crippen LogP) is 1.80. The minimum Gasteiger partial charge on any atom is -0.330 e. The van der Waals surface area contributed by atoms with E-state index in [1.165, 1.54) is 25.7 Å². The molecular weight excluding hydrogens is 146 g/mol. The standard InChI is InChI=1S/C8H15N.ClH/c9-5-8-4-6-1-2-7(8)3-6;/h6-8H,1-5,9H2;1H/t6-,7+,8?;/m0./s1. The van der Waals surface area contributed by atoms with Crippen LogP contribution in [0.4, 0.5) is 0 Å². The SMILES string of the molecule is Cl.NCC1C[C@H]2CC[C@@H]1C2. The molecule has 1 unspecified atom stereocenters. The maximum atomic E-state index is 5.62. The zero-order valence-electron chi connectivity index (χ0n) is 6.25. The Kier molecular flexibility index (Phi) is 2.59. The van der Waals surface area contributed by atoms with E-state index >= 15 is 0 Å². The fourth-order valence-corrected chi connectivity index (χ4v) is 2.67. The van der Waals surface area contributed by atoms with Crippen LogP contribution in [0.3, 0.4) is 0 Å². The van der Waals surface area contributed by atoms with E-state index in [0.29, 0.717) is 0 Å². The molecule has 2 aliphatic rings. The van der Waals surface area contributed by atoms with Crippen molar-refractivity contribution in [1.82, 2.24) is 0 Å². The summed E-state index contributed by atoms with van der Waals surface area (Å²) in [6.45, 7) is 0.946. The number of nitrogens with two attached hydrogens (primary N) is 1. The Hall–Kier alpha value is 0.250. The van der Waals surface area contributed by atoms with Gasteiger partial charge in [0.05, 0.1) is 0 Å². The molecule has 10 heavy (non-hydrogen) atoms. The summed E-state index contributed by atoms with van der Waals surface area (Å²) in [5, 5.41) is 0. The van der Waals surface area contributed by atoms with Gasteiger partial charge in [0.15, 0.2) is 0 Å². The van der Waals surface area contributed by atoms with E-state index in [1.807, 2.05) is 0 Å². The largest absolute Gasteiger partial charge is 0.330 e. The summed E-state index contributed by atoms with van der Waals surface area (Å²) in [6.07, 6.45) is 5.93. The molecule has 2 bridgehead atoms. The van der Waals surface area contributed by atoms with E-state index in [1.54, 1.807) is 0 Å². The number of fused-ring (bicyclic) bond motifs is 2. The molecule has 0 aromatic rings. The van der Waals surface area contributed by atoms with Gasteiger partial charge in [-0.25, -0.2) is 0 Å². The first kappa shape index (κ1) is 8.35. The molecule has 0 aliphatic heterocycles. The predicted molar refractivity (Wildman–Crippen MR) is 45.2 cm³/mol. The lowest BCUT2D eigenvalue weighted by Gasteiger charge is -2.18. The molecule has 2 heteroatoms. The highest BCUT2D eigenvalue weighted by Crippen LogP contribution is 2.47. The number of hydrogen-bond donors (Lipinski definition) is 1. The molecule has 0 aromatic carbocycles. The lowest BCUT2D eigenvalue weighted by molar-refractivity contribution is 0.341. The van der Waals surface area contributed by atoms with Crippen LogP contribution in [-0.4, -0.2) is 6.54 Å². The Labute approximate surface area is 68.8 Å². The van der Waals surface area contributed by atoms with Gasteiger partial charge in [0, 0.05) is 0 Å². The molecule has 2 fully saturated rings. The van der Waals surface area contributed by atoms with Crippen molar-refractivity contribution in [2.45, 2.75) is 25.7 Å². The average Bonchev–Trinajstić information content (AvgIpc) is 2.45. The molecule has 0 radical (unpaired) electrons. The minimum atomic E-state index is 0. The third-order valence-electron chi connectivity index (χ3n) is 3.19. The van der Waals surface area contributed by atoms with E-state index in [0.717, 1.165) is 24.3 Å². The highest BCUT2D eigenvalue weighted by atomic mass is 35.5. The second kappa shape index (κ2) is 3.10. The fraction of sp³-hybridized carbons (Fsp3) is 1.00. The van der Waals surface area contributed by atoms with Gasteiger partial charge in [-0.1, -0.05) is 6.42 Å². The maximum absolute atomic E-state index is 5.62. The van der Waals surface area contributed by atoms with Crippen molar-refractivity contribution < 1.29 is 0 Å². The molecule has 0 spiro atoms. The molecule has 2 N–H and O–H groups in total. The smallest absolute Gasteiger partial charge is 0.00461 e. The summed E-state index contributed by atoms with van der Waals surface area (Å²) >= 11 is 0. The van der Waals surface area contributed by atoms with Crippen LogP contribution in [0.1, 0.15) is 25.7 Å². The van der Waals surface area contributed by atoms with E-state index in [2.05, 4.69) is 0 Å². The van der Waals surface area contributed by atoms with E-state index in [9.17, 15) is 0 Å². The Morgan fingerprint density at radius 3 is 2.30 bits per heavy atom. The quantitative estimate of drug-likeness (QED) is 0.624. The summed E-state index contributed by atoms with van der Waals surface area (Å²) in [4.78, 5) is 0. The number of rotatable bonds is 1. The van der Waals surface area contributed by atoms with Crippen molar-refractivity contribution in [1.29, 1.82) is 0 Å². The highest BCUT2D eigenvalue weighted by Gasteiger charge is 2.38. The van der Waals surface area contributed by atoms with Gasteiger partial charge in [-0.05, 0) is 43.6 Å². The van der Waals surface area contributed by atoms with Crippen molar-refractivity contribution in [3.05, 3.63) is 0 Å². The summed E-state index contributed by atoms with van der Waals surface area (Å²) in [5.74, 6) is 3.01. The summed E-state index contributed by atoms with van der Waals surface area (Å²) in [7, 11) is 0. The summed E-state index contributed by atoms with van der Waals surface area (Å²) < 4.78 is 0. The highest BCUT2D eigenvalue weighted by molar-refractivity contribution is 5.85. The average molecular weight is 162 g/mol. The van der Waals surface area contributed by atoms with Crippen LogP contribution in [0.15, 0.2) is 0 Å². The third-order valence-corrected chi connectivity index (χ3v) is 3.19. The van der Waals surface area contributed by atoms with Crippen LogP contribution in [0.25, 0.3) is 0 Å². The van der Waals surface area contributed by atoms with Crippen LogP contribution in [-0.2, 0) is 0 Å². The van der Waals surface area contributed by atoms with Crippen LogP contribution in [0.2, 0.25) is 0 Å². The minimum absolute atomic E-state index is 0. The van der Waals surface area contributed by atoms with Crippen molar-refractivity contribution in [3.63, 3.8) is 0 Å². The van der Waals surface area contributed by atoms with Gasteiger partial charge >= 0.3 is 0 Å². The zero-order chi connectivity index (χ0) is 6.27. The lowest BCUT2D eigenvalue weighted by atomic mass is 9.89. The normalized spacial score (nSPS) is 43.5. The zero-order valence-corrected chi connectivity index (χ0v) is 7.07. The summed E-state index contributed by atoms with van der Waals surface area (Å²) in [6, 6.07) is 0. The Bertz CT molecular complexity index is 116. The van der Waals surface area contributed by atoms with E-state index in [-0.39, 0.29) is 12.4 Å². The van der Waals surface area contributed by atoms with Crippen LogP contribution >= 0.6 is 12.4 Å². The molecule has 0 aromatic heterocycles. The van der Waals surface area contributed by atoms with Crippen LogP contribution in [0.5, 0.6) is 0 Å². The summed E-state index contributed by atoms with van der Waals surface area (Å²) in [5.41, 5.74) is 5.62. The van der Waals surface area contributed by atoms with Gasteiger partial charge < -0.3 is 5.73 Å². The van der Waals surface area contributed by atoms with Gasteiger partial charge in [0.1, 0.15) is 0 Å². The molecular formula is C8H16ClN. The molecule has 0 saturated heterocycles. The molecule has 0 heterocycles. The number of halogens is 1. The van der Waals surface area contributed by atoms with Gasteiger partial charge in [0.25, 0.3) is 0 Å². The third kappa shape index (κ3) is 1.17. The first-order valence-electron chi connectivity index (χ1n) is 4.10. The monoisotopic (exact) mass is 161 g/mol. The van der Waals surface area contributed by atoms with E-state index < -0.39 is 0 Å². The van der Waals surface area contributed by atoms with Crippen LogP contribution < -0.4 is 5.73 Å². The van der Waals surface area contributed by atoms with Gasteiger partial charge in [-0.3, -0.25) is 0 Å². The molecule has 2 aliphatic carbocycles. The second-order valence-corrected chi connectivity index (χ2v) is 3.67. The van der Waals surface area contributed by atoms with Gasteiger partial charge in [0.2, 0.25) is 0 Å². The van der Waals surface area contributed by atoms with E-state index in [4.69, 9.17) is 5.73 Å². The molecule has 3 atom stereocenters. The molecule has 60 valence electrons. The fourth-order valence-electron chi connectivity index (χ4n) is 2.67. The molecule has 0 amide bonds. The van der Waals surface area contributed by atoms with Crippen molar-refractivity contribution in [2.24, 2.45) is 23.5 Å². The first-order chi connectivity index (χ1) is 4.40. The second-order valence-electron chi connectivity index (χ2n) is 3.67. The molecule has 2 rings (SSSR count). The van der Waals surface area contributed by atoms with Crippen molar-refractivity contribution in [3.8, 4) is 0 Å². The molecule has 2 saturated carbocycles. The maximum Gasteiger partial charge on any atom is -0.00461 e. The first-order valence-corrected chi connectivity index (χ1v) is 4.10. The molecule has 1 nitrogen and oxygen atoms in total.